The molecule has 0 aliphatic carbocycles. The molecule has 1 heterocycles. The summed E-state index contributed by atoms with van der Waals surface area (Å²) < 4.78 is 1.69. The molecule has 0 bridgehead atoms. The summed E-state index contributed by atoms with van der Waals surface area (Å²) in [6.45, 7) is 4.02. The molecule has 2 aromatic rings. The number of carbonyl (C=O) groups is 2. The molecule has 122 valence electrons. The monoisotopic (exact) mass is 315 g/mol. The van der Waals surface area contributed by atoms with Crippen LogP contribution in [0, 0.1) is 13.8 Å². The normalized spacial score (nSPS) is 10.4. The van der Waals surface area contributed by atoms with Crippen molar-refractivity contribution in [1.82, 2.24) is 20.4 Å². The third-order valence-corrected chi connectivity index (χ3v) is 3.23. The van der Waals surface area contributed by atoms with Gasteiger partial charge in [0.2, 0.25) is 11.8 Å². The summed E-state index contributed by atoms with van der Waals surface area (Å²) in [4.78, 5) is 23.1. The van der Waals surface area contributed by atoms with Crippen LogP contribution >= 0.6 is 0 Å². The Morgan fingerprint density at radius 3 is 2.39 bits per heavy atom. The summed E-state index contributed by atoms with van der Waals surface area (Å²) in [5.74, 6) is 0.193. The summed E-state index contributed by atoms with van der Waals surface area (Å²) in [6.07, 6.45) is 0. The maximum absolute atomic E-state index is 12.0. The van der Waals surface area contributed by atoms with Crippen molar-refractivity contribution in [3.63, 3.8) is 0 Å². The molecule has 1 aromatic heterocycles. The second-order valence-corrected chi connectivity index (χ2v) is 5.24. The second-order valence-electron chi connectivity index (χ2n) is 5.24. The van der Waals surface area contributed by atoms with Gasteiger partial charge >= 0.3 is 0 Å². The molecule has 7 heteroatoms. The van der Waals surface area contributed by atoms with E-state index in [-0.39, 0.29) is 24.9 Å². The molecule has 2 rings (SSSR count). The Bertz CT molecular complexity index is 691. The van der Waals surface area contributed by atoms with E-state index in [2.05, 4.69) is 21.0 Å². The lowest BCUT2D eigenvalue weighted by Gasteiger charge is -2.09. The third kappa shape index (κ3) is 4.65. The largest absolute Gasteiger partial charge is 0.358 e. The number of nitrogens with zero attached hydrogens (tertiary/aromatic N) is 2. The zero-order valence-corrected chi connectivity index (χ0v) is 13.5. The molecule has 0 unspecified atom stereocenters. The zero-order valence-electron chi connectivity index (χ0n) is 13.5. The fraction of sp³-hybridized carbons (Fsp3) is 0.312. The van der Waals surface area contributed by atoms with E-state index in [0.717, 1.165) is 16.9 Å². The first kappa shape index (κ1) is 16.7. The van der Waals surface area contributed by atoms with Crippen LogP contribution < -0.4 is 16.0 Å². The molecule has 1 aromatic carbocycles. The minimum atomic E-state index is -0.234. The Hall–Kier alpha value is -2.67. The summed E-state index contributed by atoms with van der Waals surface area (Å²) in [7, 11) is 1.55. The number of amides is 2. The number of anilines is 1. The first-order valence-corrected chi connectivity index (χ1v) is 7.34. The average molecular weight is 315 g/mol. The Morgan fingerprint density at radius 1 is 1.09 bits per heavy atom. The predicted molar refractivity (Wildman–Crippen MR) is 88.6 cm³/mol. The van der Waals surface area contributed by atoms with Crippen molar-refractivity contribution in [2.75, 3.05) is 25.5 Å². The van der Waals surface area contributed by atoms with E-state index in [4.69, 9.17) is 0 Å². The molecule has 0 radical (unpaired) electrons. The number of rotatable bonds is 6. The maximum atomic E-state index is 12.0. The standard InChI is InChI=1S/C16H21N5O2/c1-11-4-6-13(7-5-11)21-14(8-12(2)20-21)19-16(23)10-18-9-15(22)17-3/h4-8,18H,9-10H2,1-3H3,(H,17,22)(H,19,23). The molecular weight excluding hydrogens is 294 g/mol. The van der Waals surface area contributed by atoms with E-state index < -0.39 is 0 Å². The Labute approximate surface area is 135 Å². The summed E-state index contributed by atoms with van der Waals surface area (Å²) >= 11 is 0. The first-order chi connectivity index (χ1) is 11.0. The number of hydrogen-bond acceptors (Lipinski definition) is 4. The molecule has 0 saturated carbocycles. The van der Waals surface area contributed by atoms with Crippen LogP contribution in [0.4, 0.5) is 5.82 Å². The lowest BCUT2D eigenvalue weighted by molar-refractivity contribution is -0.120. The number of nitrogens with one attached hydrogen (secondary N) is 3. The van der Waals surface area contributed by atoms with Gasteiger partial charge in [-0.25, -0.2) is 4.68 Å². The second kappa shape index (κ2) is 7.55. The molecule has 3 N–H and O–H groups in total. The molecule has 7 nitrogen and oxygen atoms in total. The van der Waals surface area contributed by atoms with Gasteiger partial charge in [-0.05, 0) is 26.0 Å². The van der Waals surface area contributed by atoms with Crippen LogP contribution in [-0.2, 0) is 9.59 Å². The van der Waals surface area contributed by atoms with Gasteiger partial charge in [-0.15, -0.1) is 0 Å². The van der Waals surface area contributed by atoms with Gasteiger partial charge in [0.05, 0.1) is 24.5 Å². The molecule has 0 aliphatic rings. The molecule has 0 spiro atoms. The summed E-state index contributed by atoms with van der Waals surface area (Å²) in [5, 5.41) is 12.5. The van der Waals surface area contributed by atoms with Gasteiger partial charge in [0.1, 0.15) is 5.82 Å². The van der Waals surface area contributed by atoms with Crippen molar-refractivity contribution >= 4 is 17.6 Å². The minimum Gasteiger partial charge on any atom is -0.358 e. The van der Waals surface area contributed by atoms with Gasteiger partial charge < -0.3 is 10.6 Å². The van der Waals surface area contributed by atoms with Crippen LogP contribution in [0.2, 0.25) is 0 Å². The SMILES string of the molecule is CNC(=O)CNCC(=O)Nc1cc(C)nn1-c1ccc(C)cc1. The number of carbonyl (C=O) groups excluding carboxylic acids is 2. The number of benzene rings is 1. The van der Waals surface area contributed by atoms with E-state index >= 15 is 0 Å². The Morgan fingerprint density at radius 2 is 1.74 bits per heavy atom. The number of hydrogen-bond donors (Lipinski definition) is 3. The number of likely N-dealkylation sites (N-methyl/N-ethyl adjacent to an activating group) is 1. The molecule has 0 atom stereocenters. The number of aromatic nitrogens is 2. The molecular formula is C16H21N5O2. The average Bonchev–Trinajstić information content (AvgIpc) is 2.88. The van der Waals surface area contributed by atoms with Crippen molar-refractivity contribution in [1.29, 1.82) is 0 Å². The highest BCUT2D eigenvalue weighted by molar-refractivity contribution is 5.92. The lowest BCUT2D eigenvalue weighted by Crippen LogP contribution is -2.36. The van der Waals surface area contributed by atoms with Gasteiger partial charge in [-0.1, -0.05) is 17.7 Å². The minimum absolute atomic E-state index is 0.0472. The Kier molecular flexibility index (Phi) is 5.48. The maximum Gasteiger partial charge on any atom is 0.239 e. The molecule has 0 fully saturated rings. The van der Waals surface area contributed by atoms with Crippen molar-refractivity contribution in [2.24, 2.45) is 0 Å². The topological polar surface area (TPSA) is 88.1 Å². The predicted octanol–water partition coefficient (Wildman–Crippen LogP) is 0.763. The lowest BCUT2D eigenvalue weighted by atomic mass is 10.2. The van der Waals surface area contributed by atoms with Crippen molar-refractivity contribution < 1.29 is 9.59 Å². The van der Waals surface area contributed by atoms with Gasteiger partial charge in [0, 0.05) is 13.1 Å². The highest BCUT2D eigenvalue weighted by Crippen LogP contribution is 2.17. The third-order valence-electron chi connectivity index (χ3n) is 3.23. The highest BCUT2D eigenvalue weighted by Gasteiger charge is 2.11. The van der Waals surface area contributed by atoms with Gasteiger partial charge in [0.15, 0.2) is 0 Å². The number of aryl methyl sites for hydroxylation is 2. The first-order valence-electron chi connectivity index (χ1n) is 7.34. The summed E-state index contributed by atoms with van der Waals surface area (Å²) in [6, 6.07) is 9.67. The fourth-order valence-corrected chi connectivity index (χ4v) is 2.04. The smallest absolute Gasteiger partial charge is 0.239 e. The quantitative estimate of drug-likeness (QED) is 0.734. The van der Waals surface area contributed by atoms with E-state index in [9.17, 15) is 9.59 Å². The van der Waals surface area contributed by atoms with Crippen molar-refractivity contribution in [3.05, 3.63) is 41.6 Å². The van der Waals surface area contributed by atoms with Crippen LogP contribution in [0.5, 0.6) is 0 Å². The van der Waals surface area contributed by atoms with E-state index in [1.54, 1.807) is 17.8 Å². The van der Waals surface area contributed by atoms with Crippen LogP contribution in [0.1, 0.15) is 11.3 Å². The Balaban J connectivity index is 2.04. The van der Waals surface area contributed by atoms with Crippen LogP contribution in [0.3, 0.4) is 0 Å². The van der Waals surface area contributed by atoms with E-state index in [1.165, 1.54) is 0 Å². The van der Waals surface area contributed by atoms with E-state index in [0.29, 0.717) is 5.82 Å². The van der Waals surface area contributed by atoms with Gasteiger partial charge in [-0.2, -0.15) is 5.10 Å². The van der Waals surface area contributed by atoms with Gasteiger partial charge in [-0.3, -0.25) is 14.9 Å². The fourth-order valence-electron chi connectivity index (χ4n) is 2.04. The zero-order chi connectivity index (χ0) is 16.8. The van der Waals surface area contributed by atoms with Crippen LogP contribution in [-0.4, -0.2) is 41.7 Å². The summed E-state index contributed by atoms with van der Waals surface area (Å²) in [5.41, 5.74) is 2.83. The molecule has 23 heavy (non-hydrogen) atoms. The van der Waals surface area contributed by atoms with Crippen molar-refractivity contribution in [2.45, 2.75) is 13.8 Å². The van der Waals surface area contributed by atoms with Crippen LogP contribution in [0.15, 0.2) is 30.3 Å². The van der Waals surface area contributed by atoms with Gasteiger partial charge in [0.25, 0.3) is 0 Å². The van der Waals surface area contributed by atoms with Crippen molar-refractivity contribution in [3.8, 4) is 5.69 Å². The molecule has 0 saturated heterocycles. The van der Waals surface area contributed by atoms with Crippen LogP contribution in [0.25, 0.3) is 5.69 Å². The van der Waals surface area contributed by atoms with E-state index in [1.807, 2.05) is 38.1 Å². The molecule has 2 amide bonds. The molecule has 0 aliphatic heterocycles. The highest BCUT2D eigenvalue weighted by atomic mass is 16.2.